The van der Waals surface area contributed by atoms with Crippen molar-refractivity contribution in [3.63, 3.8) is 0 Å². The van der Waals surface area contributed by atoms with Crippen molar-refractivity contribution in [2.75, 3.05) is 6.79 Å². The summed E-state index contributed by atoms with van der Waals surface area (Å²) in [6.07, 6.45) is 0.181. The third kappa shape index (κ3) is 6.12. The number of aromatic nitrogens is 2. The number of ether oxygens (including phenoxy) is 2. The molecule has 0 radical (unpaired) electrons. The second-order valence-corrected chi connectivity index (χ2v) is 9.69. The lowest BCUT2D eigenvalue weighted by Crippen LogP contribution is -2.15. The molecule has 0 amide bonds. The number of hydrogen-bond donors (Lipinski definition) is 1. The Morgan fingerprint density at radius 1 is 0.744 bits per heavy atom. The molecule has 0 bridgehead atoms. The first-order chi connectivity index (χ1) is 18.5. The molecule has 0 aliphatic rings. The van der Waals surface area contributed by atoms with Gasteiger partial charge in [0.1, 0.15) is 17.1 Å². The number of rotatable bonds is 9. The van der Waals surface area contributed by atoms with E-state index in [1.807, 2.05) is 74.7 Å². The van der Waals surface area contributed by atoms with E-state index in [0.717, 1.165) is 34.0 Å². The molecule has 4 rings (SSSR count). The third-order valence-corrected chi connectivity index (χ3v) is 6.58. The highest BCUT2D eigenvalue weighted by atomic mass is 16.7. The van der Waals surface area contributed by atoms with Gasteiger partial charge in [-0.3, -0.25) is 9.59 Å². The number of nitrogens with zero attached hydrogens (tertiary/aromatic N) is 2. The monoisotopic (exact) mass is 528 g/mol. The zero-order valence-corrected chi connectivity index (χ0v) is 22.8. The van der Waals surface area contributed by atoms with Crippen molar-refractivity contribution in [3.05, 3.63) is 100 Å². The van der Waals surface area contributed by atoms with Gasteiger partial charge >= 0.3 is 11.9 Å². The molecule has 39 heavy (non-hydrogen) atoms. The molecular weight excluding hydrogens is 496 g/mol. The first kappa shape index (κ1) is 27.4. The van der Waals surface area contributed by atoms with Crippen LogP contribution in [0.25, 0.3) is 11.4 Å². The maximum atomic E-state index is 12.5. The molecule has 202 valence electrons. The summed E-state index contributed by atoms with van der Waals surface area (Å²) in [4.78, 5) is 36.9. The average molecular weight is 529 g/mol. The van der Waals surface area contributed by atoms with Crippen molar-refractivity contribution in [3.8, 4) is 17.1 Å². The number of ketones is 1. The summed E-state index contributed by atoms with van der Waals surface area (Å²) in [5.41, 5.74) is 7.14. The molecule has 8 heteroatoms. The van der Waals surface area contributed by atoms with Crippen LogP contribution in [-0.2, 0) is 31.9 Å². The molecule has 2 aromatic heterocycles. The van der Waals surface area contributed by atoms with E-state index < -0.39 is 18.7 Å². The molecule has 0 saturated heterocycles. The van der Waals surface area contributed by atoms with Crippen LogP contribution >= 0.6 is 0 Å². The third-order valence-electron chi connectivity index (χ3n) is 6.58. The van der Waals surface area contributed by atoms with Crippen LogP contribution in [0.1, 0.15) is 51.2 Å². The molecule has 0 spiro atoms. The van der Waals surface area contributed by atoms with E-state index in [4.69, 9.17) is 9.47 Å². The van der Waals surface area contributed by atoms with Crippen molar-refractivity contribution < 1.29 is 29.0 Å². The molecule has 0 saturated carbocycles. The minimum absolute atomic E-state index is 0.0141. The van der Waals surface area contributed by atoms with E-state index in [9.17, 15) is 19.5 Å². The number of carbonyl (C=O) groups excluding carboxylic acids is 3. The Bertz CT molecular complexity index is 1520. The summed E-state index contributed by atoms with van der Waals surface area (Å²) in [5, 5.41) is 10.4. The Morgan fingerprint density at radius 3 is 1.95 bits per heavy atom. The first-order valence-electron chi connectivity index (χ1n) is 12.6. The molecule has 0 aliphatic carbocycles. The molecule has 0 aliphatic heterocycles. The van der Waals surface area contributed by atoms with E-state index in [2.05, 4.69) is 4.57 Å². The van der Waals surface area contributed by atoms with Crippen LogP contribution in [0.2, 0.25) is 0 Å². The number of phenolic OH excluding ortho intramolecular Hbond substituents is 1. The van der Waals surface area contributed by atoms with Crippen molar-refractivity contribution in [2.45, 2.75) is 47.5 Å². The maximum Gasteiger partial charge on any atom is 0.344 e. The number of Topliss-reactive ketones (excluding diaryl/α,β-unsaturated/α-hetero) is 1. The Morgan fingerprint density at radius 2 is 1.36 bits per heavy atom. The first-order valence-corrected chi connectivity index (χ1v) is 12.6. The predicted molar refractivity (Wildman–Crippen MR) is 147 cm³/mol. The zero-order valence-electron chi connectivity index (χ0n) is 22.8. The van der Waals surface area contributed by atoms with E-state index in [0.29, 0.717) is 11.3 Å². The smallest absolute Gasteiger partial charge is 0.344 e. The maximum absolute atomic E-state index is 12.5. The fraction of sp³-hybridized carbons (Fsp3) is 0.258. The number of hydrogen-bond acceptors (Lipinski definition) is 6. The summed E-state index contributed by atoms with van der Waals surface area (Å²) in [6, 6.07) is 18.2. The minimum Gasteiger partial charge on any atom is -0.507 e. The molecule has 2 aromatic carbocycles. The van der Waals surface area contributed by atoms with Crippen LogP contribution < -0.4 is 0 Å². The van der Waals surface area contributed by atoms with Gasteiger partial charge in [0.25, 0.3) is 0 Å². The fourth-order valence-electron chi connectivity index (χ4n) is 4.78. The molecule has 4 aromatic rings. The van der Waals surface area contributed by atoms with Crippen LogP contribution in [0.15, 0.2) is 60.7 Å². The van der Waals surface area contributed by atoms with Gasteiger partial charge in [0, 0.05) is 46.6 Å². The minimum atomic E-state index is -0.807. The Balaban J connectivity index is 1.38. The summed E-state index contributed by atoms with van der Waals surface area (Å²) in [7, 11) is 0. The van der Waals surface area contributed by atoms with Crippen LogP contribution in [-0.4, -0.2) is 38.8 Å². The van der Waals surface area contributed by atoms with Gasteiger partial charge in [0.2, 0.25) is 6.79 Å². The summed E-state index contributed by atoms with van der Waals surface area (Å²) < 4.78 is 14.2. The van der Waals surface area contributed by atoms with E-state index >= 15 is 0 Å². The molecule has 0 fully saturated rings. The van der Waals surface area contributed by atoms with Gasteiger partial charge in [0.15, 0.2) is 0 Å². The number of aromatic hydroxyl groups is 1. The summed E-state index contributed by atoms with van der Waals surface area (Å²) in [5.74, 6) is -1.61. The predicted octanol–water partition coefficient (Wildman–Crippen LogP) is 5.24. The Kier molecular flexibility index (Phi) is 8.04. The lowest BCUT2D eigenvalue weighted by molar-refractivity contribution is -0.151. The van der Waals surface area contributed by atoms with Crippen molar-refractivity contribution in [2.24, 2.45) is 0 Å². The van der Waals surface area contributed by atoms with Crippen molar-refractivity contribution in [1.29, 1.82) is 0 Å². The molecule has 0 atom stereocenters. The second-order valence-electron chi connectivity index (χ2n) is 9.69. The normalized spacial score (nSPS) is 10.9. The Hall–Kier alpha value is -4.59. The van der Waals surface area contributed by atoms with Gasteiger partial charge in [-0.1, -0.05) is 12.1 Å². The highest BCUT2D eigenvalue weighted by Gasteiger charge is 2.17. The highest BCUT2D eigenvalue weighted by Crippen LogP contribution is 2.25. The molecule has 1 N–H and O–H groups in total. The average Bonchev–Trinajstić information content (AvgIpc) is 3.38. The van der Waals surface area contributed by atoms with Gasteiger partial charge in [-0.25, -0.2) is 4.79 Å². The van der Waals surface area contributed by atoms with Gasteiger partial charge in [-0.2, -0.15) is 0 Å². The number of benzene rings is 2. The molecule has 8 nitrogen and oxygen atoms in total. The van der Waals surface area contributed by atoms with E-state index in [1.165, 1.54) is 19.1 Å². The van der Waals surface area contributed by atoms with Crippen molar-refractivity contribution >= 4 is 17.7 Å². The number of aryl methyl sites for hydroxylation is 4. The molecular formula is C31H32N2O6. The summed E-state index contributed by atoms with van der Waals surface area (Å²) in [6.45, 7) is 8.83. The standard InChI is InChI=1S/C31H32N2O6/c1-19-6-7-20(2)32(19)26-11-12-27(29(35)17-26)31(37)39-18-38-30(36)16-24-10-13-28(25(15-24)14-23(5)34)33-21(3)8-9-22(33)4/h6-13,15,17,35H,14,16,18H2,1-5H3. The zero-order chi connectivity index (χ0) is 28.3. The van der Waals surface area contributed by atoms with Crippen molar-refractivity contribution in [1.82, 2.24) is 9.13 Å². The summed E-state index contributed by atoms with van der Waals surface area (Å²) >= 11 is 0. The second kappa shape index (κ2) is 11.4. The van der Waals surface area contributed by atoms with Crippen LogP contribution in [0.5, 0.6) is 5.75 Å². The Labute approximate surface area is 227 Å². The van der Waals surface area contributed by atoms with Crippen LogP contribution in [0.4, 0.5) is 0 Å². The lowest BCUT2D eigenvalue weighted by Gasteiger charge is -2.16. The number of esters is 2. The topological polar surface area (TPSA) is 99.8 Å². The van der Waals surface area contributed by atoms with Crippen LogP contribution in [0, 0.1) is 27.7 Å². The fourth-order valence-corrected chi connectivity index (χ4v) is 4.78. The highest BCUT2D eigenvalue weighted by molar-refractivity contribution is 5.92. The molecule has 2 heterocycles. The van der Waals surface area contributed by atoms with E-state index in [-0.39, 0.29) is 29.9 Å². The molecule has 0 unspecified atom stereocenters. The van der Waals surface area contributed by atoms with E-state index in [1.54, 1.807) is 6.07 Å². The lowest BCUT2D eigenvalue weighted by atomic mass is 10.0. The van der Waals surface area contributed by atoms with Crippen LogP contribution in [0.3, 0.4) is 0 Å². The SMILES string of the molecule is CC(=O)Cc1cc(CC(=O)OCOC(=O)c2ccc(-n3c(C)ccc3C)cc2O)ccc1-n1c(C)ccc1C. The van der Waals surface area contributed by atoms with Gasteiger partial charge in [0.05, 0.1) is 6.42 Å². The quantitative estimate of drug-likeness (QED) is 0.236. The van der Waals surface area contributed by atoms with Gasteiger partial charge < -0.3 is 23.7 Å². The number of phenols is 1. The largest absolute Gasteiger partial charge is 0.507 e. The van der Waals surface area contributed by atoms with Gasteiger partial charge in [-0.15, -0.1) is 0 Å². The van der Waals surface area contributed by atoms with Gasteiger partial charge in [-0.05, 0) is 88.2 Å². The number of carbonyl (C=O) groups is 3.